The molecule has 0 spiro atoms. The maximum Gasteiger partial charge on any atom is 0.0469 e. The summed E-state index contributed by atoms with van der Waals surface area (Å²) < 4.78 is 5.54. The van der Waals surface area contributed by atoms with Crippen molar-refractivity contribution in [2.75, 3.05) is 31.6 Å². The number of rotatable bonds is 3. The second kappa shape index (κ2) is 5.98. The predicted molar refractivity (Wildman–Crippen MR) is 85.6 cm³/mol. The average molecular weight is 286 g/mol. The summed E-state index contributed by atoms with van der Waals surface area (Å²) in [5.41, 5.74) is 4.44. The minimum atomic E-state index is 0.783. The van der Waals surface area contributed by atoms with Crippen molar-refractivity contribution in [3.05, 3.63) is 29.3 Å². The molecule has 4 rings (SSSR count). The summed E-state index contributed by atoms with van der Waals surface area (Å²) in [7, 11) is 0. The molecule has 1 atom stereocenters. The largest absolute Gasteiger partial charge is 0.384 e. The molecule has 1 aromatic carbocycles. The van der Waals surface area contributed by atoms with E-state index < -0.39 is 0 Å². The molecule has 3 nitrogen and oxygen atoms in total. The first kappa shape index (κ1) is 13.6. The van der Waals surface area contributed by atoms with Gasteiger partial charge in [0.1, 0.15) is 0 Å². The van der Waals surface area contributed by atoms with Crippen molar-refractivity contribution in [3.63, 3.8) is 0 Å². The molecule has 3 aliphatic heterocycles. The molecular weight excluding hydrogens is 260 g/mol. The van der Waals surface area contributed by atoms with Crippen LogP contribution in [0.1, 0.15) is 36.8 Å². The lowest BCUT2D eigenvalue weighted by Gasteiger charge is -2.34. The predicted octanol–water partition coefficient (Wildman–Crippen LogP) is 3.05. The number of likely N-dealkylation sites (tertiary alicyclic amines) is 1. The van der Waals surface area contributed by atoms with Crippen molar-refractivity contribution in [1.29, 1.82) is 0 Å². The third-order valence-corrected chi connectivity index (χ3v) is 5.53. The summed E-state index contributed by atoms with van der Waals surface area (Å²) in [5.74, 6) is 0.853. The molecule has 3 aliphatic rings. The van der Waals surface area contributed by atoms with Gasteiger partial charge in [-0.15, -0.1) is 0 Å². The molecule has 2 saturated heterocycles. The summed E-state index contributed by atoms with van der Waals surface area (Å²) in [6.07, 6.45) is 6.45. The van der Waals surface area contributed by atoms with Crippen LogP contribution in [0.4, 0.5) is 5.69 Å². The highest BCUT2D eigenvalue weighted by molar-refractivity contribution is 5.61. The number of hydrogen-bond donors (Lipinski definition) is 1. The van der Waals surface area contributed by atoms with Crippen molar-refractivity contribution in [2.45, 2.75) is 44.7 Å². The van der Waals surface area contributed by atoms with Gasteiger partial charge in [0.15, 0.2) is 0 Å². The number of ether oxygens (including phenoxy) is 1. The molecule has 1 unspecified atom stereocenters. The summed E-state index contributed by atoms with van der Waals surface area (Å²) in [6, 6.07) is 7.61. The molecule has 0 radical (unpaired) electrons. The summed E-state index contributed by atoms with van der Waals surface area (Å²) in [6.45, 7) is 5.44. The minimum Gasteiger partial charge on any atom is -0.384 e. The van der Waals surface area contributed by atoms with Gasteiger partial charge >= 0.3 is 0 Å². The first-order valence-electron chi connectivity index (χ1n) is 8.58. The van der Waals surface area contributed by atoms with Crippen LogP contribution >= 0.6 is 0 Å². The number of hydrogen-bond acceptors (Lipinski definition) is 3. The van der Waals surface area contributed by atoms with E-state index in [4.69, 9.17) is 4.74 Å². The Kier molecular flexibility index (Phi) is 3.87. The van der Waals surface area contributed by atoms with Gasteiger partial charge in [-0.25, -0.2) is 0 Å². The molecule has 114 valence electrons. The van der Waals surface area contributed by atoms with Crippen LogP contribution in [-0.2, 0) is 17.7 Å². The van der Waals surface area contributed by atoms with Crippen molar-refractivity contribution >= 4 is 5.69 Å². The Morgan fingerprint density at radius 2 is 2.10 bits per heavy atom. The lowest BCUT2D eigenvalue weighted by atomic mass is 9.90. The second-order valence-electron chi connectivity index (χ2n) is 6.76. The molecule has 0 amide bonds. The van der Waals surface area contributed by atoms with Crippen LogP contribution in [0.2, 0.25) is 0 Å². The number of fused-ring (bicyclic) bond motifs is 1. The van der Waals surface area contributed by atoms with Gasteiger partial charge in [-0.1, -0.05) is 18.2 Å². The molecule has 1 N–H and O–H groups in total. The van der Waals surface area contributed by atoms with Crippen LogP contribution in [0, 0.1) is 5.92 Å². The van der Waals surface area contributed by atoms with Crippen LogP contribution in [0.25, 0.3) is 0 Å². The fraction of sp³-hybridized carbons (Fsp3) is 0.667. The zero-order valence-corrected chi connectivity index (χ0v) is 12.8. The lowest BCUT2D eigenvalue weighted by Crippen LogP contribution is -2.38. The van der Waals surface area contributed by atoms with Crippen LogP contribution in [0.5, 0.6) is 0 Å². The molecule has 0 aliphatic carbocycles. The minimum absolute atomic E-state index is 0.783. The molecule has 21 heavy (non-hydrogen) atoms. The van der Waals surface area contributed by atoms with Gasteiger partial charge in [0.25, 0.3) is 0 Å². The van der Waals surface area contributed by atoms with E-state index in [9.17, 15) is 0 Å². The molecule has 0 aromatic heterocycles. The van der Waals surface area contributed by atoms with Gasteiger partial charge in [-0.2, -0.15) is 0 Å². The Labute approximate surface area is 127 Å². The van der Waals surface area contributed by atoms with E-state index >= 15 is 0 Å². The van der Waals surface area contributed by atoms with E-state index in [1.165, 1.54) is 55.5 Å². The third-order valence-electron chi connectivity index (χ3n) is 5.53. The highest BCUT2D eigenvalue weighted by Crippen LogP contribution is 2.34. The summed E-state index contributed by atoms with van der Waals surface area (Å²) in [4.78, 5) is 2.74. The number of para-hydroxylation sites is 1. The highest BCUT2D eigenvalue weighted by Gasteiger charge is 2.33. The van der Waals surface area contributed by atoms with Crippen molar-refractivity contribution in [3.8, 4) is 0 Å². The first-order chi connectivity index (χ1) is 10.4. The van der Waals surface area contributed by atoms with Gasteiger partial charge in [0.05, 0.1) is 0 Å². The number of nitrogens with zero attached hydrogens (tertiary/aromatic N) is 1. The first-order valence-corrected chi connectivity index (χ1v) is 8.58. The van der Waals surface area contributed by atoms with Crippen LogP contribution < -0.4 is 5.32 Å². The van der Waals surface area contributed by atoms with E-state index in [-0.39, 0.29) is 0 Å². The van der Waals surface area contributed by atoms with Crippen molar-refractivity contribution in [2.24, 2.45) is 5.92 Å². The SMILES string of the molecule is c1cc2c(c(CN3CCCC3C3CCOCC3)c1)NCC2. The highest BCUT2D eigenvalue weighted by atomic mass is 16.5. The topological polar surface area (TPSA) is 24.5 Å². The van der Waals surface area contributed by atoms with Gasteiger partial charge in [-0.3, -0.25) is 4.90 Å². The molecule has 3 heterocycles. The number of nitrogens with one attached hydrogen (secondary N) is 1. The normalized spacial score (nSPS) is 26.8. The molecule has 1 aromatic rings. The van der Waals surface area contributed by atoms with Crippen molar-refractivity contribution in [1.82, 2.24) is 4.90 Å². The van der Waals surface area contributed by atoms with Gasteiger partial charge in [0, 0.05) is 38.0 Å². The maximum absolute atomic E-state index is 5.54. The maximum atomic E-state index is 5.54. The van der Waals surface area contributed by atoms with E-state index in [1.807, 2.05) is 0 Å². The Morgan fingerprint density at radius 1 is 1.19 bits per heavy atom. The average Bonchev–Trinajstić information content (AvgIpc) is 3.17. The van der Waals surface area contributed by atoms with E-state index in [2.05, 4.69) is 28.4 Å². The Balaban J connectivity index is 1.49. The molecule has 0 saturated carbocycles. The monoisotopic (exact) mass is 286 g/mol. The van der Waals surface area contributed by atoms with Crippen LogP contribution in [0.15, 0.2) is 18.2 Å². The summed E-state index contributed by atoms with van der Waals surface area (Å²) >= 11 is 0. The van der Waals surface area contributed by atoms with Crippen LogP contribution in [-0.4, -0.2) is 37.2 Å². The zero-order chi connectivity index (χ0) is 14.1. The molecule has 3 heteroatoms. The third kappa shape index (κ3) is 2.69. The Hall–Kier alpha value is -1.06. The number of anilines is 1. The van der Waals surface area contributed by atoms with Gasteiger partial charge in [-0.05, 0) is 55.7 Å². The molecule has 2 fully saturated rings. The quantitative estimate of drug-likeness (QED) is 0.924. The second-order valence-corrected chi connectivity index (χ2v) is 6.76. The Morgan fingerprint density at radius 3 is 3.00 bits per heavy atom. The fourth-order valence-corrected chi connectivity index (χ4v) is 4.44. The smallest absolute Gasteiger partial charge is 0.0469 e. The van der Waals surface area contributed by atoms with Crippen LogP contribution in [0.3, 0.4) is 0 Å². The van der Waals surface area contributed by atoms with Crippen molar-refractivity contribution < 1.29 is 4.74 Å². The Bertz CT molecular complexity index is 496. The van der Waals surface area contributed by atoms with Gasteiger partial charge < -0.3 is 10.1 Å². The lowest BCUT2D eigenvalue weighted by molar-refractivity contribution is 0.0346. The standard InChI is InChI=1S/C18H26N2O/c1-3-15-6-9-19-18(15)16(4-1)13-20-10-2-5-17(20)14-7-11-21-12-8-14/h1,3-4,14,17,19H,2,5-13H2. The summed E-state index contributed by atoms with van der Waals surface area (Å²) in [5, 5.41) is 3.59. The van der Waals surface area contributed by atoms with Gasteiger partial charge in [0.2, 0.25) is 0 Å². The van der Waals surface area contributed by atoms with E-state index in [0.29, 0.717) is 0 Å². The fourth-order valence-electron chi connectivity index (χ4n) is 4.44. The van der Waals surface area contributed by atoms with E-state index in [0.717, 1.165) is 38.3 Å². The number of benzene rings is 1. The molecular formula is C18H26N2O. The molecule has 0 bridgehead atoms. The van der Waals surface area contributed by atoms with E-state index in [1.54, 1.807) is 0 Å². The zero-order valence-electron chi connectivity index (χ0n) is 12.8.